The molecule has 0 saturated carbocycles. The zero-order chi connectivity index (χ0) is 13.8. The predicted octanol–water partition coefficient (Wildman–Crippen LogP) is 3.96. The van der Waals surface area contributed by atoms with Crippen LogP contribution in [0.3, 0.4) is 0 Å². The molecule has 2 rings (SSSR count). The van der Waals surface area contributed by atoms with Crippen molar-refractivity contribution in [2.24, 2.45) is 0 Å². The van der Waals surface area contributed by atoms with E-state index in [9.17, 15) is 4.79 Å². The van der Waals surface area contributed by atoms with E-state index >= 15 is 0 Å². The number of nitrogens with one attached hydrogen (secondary N) is 1. The largest absolute Gasteiger partial charge is 0.478 e. The number of halogens is 1. The van der Waals surface area contributed by atoms with Crippen LogP contribution in [0.1, 0.15) is 21.5 Å². The standard InChI is InChI=1S/C15H14ClNO2/c1-10-7-13(16)5-6-14(10)17-9-11-3-2-4-12(8-11)15(18)19/h2-8,17H,9H2,1H3,(H,18,19). The number of carboxylic acids is 1. The third-order valence-corrected chi connectivity index (χ3v) is 3.08. The monoisotopic (exact) mass is 275 g/mol. The van der Waals surface area contributed by atoms with E-state index < -0.39 is 5.97 Å². The lowest BCUT2D eigenvalue weighted by Gasteiger charge is -2.10. The number of aromatic carboxylic acids is 1. The molecule has 98 valence electrons. The van der Waals surface area contributed by atoms with E-state index in [1.807, 2.05) is 31.2 Å². The maximum Gasteiger partial charge on any atom is 0.335 e. The normalized spacial score (nSPS) is 10.2. The second-order valence-corrected chi connectivity index (χ2v) is 4.75. The first-order valence-corrected chi connectivity index (χ1v) is 6.26. The Morgan fingerprint density at radius 1 is 1.26 bits per heavy atom. The number of hydrogen-bond donors (Lipinski definition) is 2. The molecule has 0 aliphatic heterocycles. The third-order valence-electron chi connectivity index (χ3n) is 2.85. The van der Waals surface area contributed by atoms with Gasteiger partial charge in [-0.3, -0.25) is 0 Å². The number of benzene rings is 2. The molecule has 2 aromatic carbocycles. The molecule has 3 nitrogen and oxygen atoms in total. The smallest absolute Gasteiger partial charge is 0.335 e. The lowest BCUT2D eigenvalue weighted by atomic mass is 10.1. The zero-order valence-corrected chi connectivity index (χ0v) is 11.2. The van der Waals surface area contributed by atoms with Crippen LogP contribution in [0, 0.1) is 6.92 Å². The summed E-state index contributed by atoms with van der Waals surface area (Å²) < 4.78 is 0. The molecule has 0 heterocycles. The Morgan fingerprint density at radius 3 is 2.74 bits per heavy atom. The van der Waals surface area contributed by atoms with Crippen molar-refractivity contribution in [3.63, 3.8) is 0 Å². The minimum absolute atomic E-state index is 0.298. The zero-order valence-electron chi connectivity index (χ0n) is 10.5. The Hall–Kier alpha value is -2.00. The van der Waals surface area contributed by atoms with Gasteiger partial charge in [0, 0.05) is 17.3 Å². The Bertz CT molecular complexity index is 611. The molecule has 0 bridgehead atoms. The highest BCUT2D eigenvalue weighted by Gasteiger charge is 2.04. The second kappa shape index (κ2) is 5.76. The Balaban J connectivity index is 2.10. The predicted molar refractivity (Wildman–Crippen MR) is 76.9 cm³/mol. The summed E-state index contributed by atoms with van der Waals surface area (Å²) >= 11 is 5.90. The average molecular weight is 276 g/mol. The van der Waals surface area contributed by atoms with Crippen LogP contribution in [0.25, 0.3) is 0 Å². The van der Waals surface area contributed by atoms with Crippen molar-refractivity contribution in [2.45, 2.75) is 13.5 Å². The van der Waals surface area contributed by atoms with E-state index in [2.05, 4.69) is 5.32 Å². The fraction of sp³-hybridized carbons (Fsp3) is 0.133. The van der Waals surface area contributed by atoms with Gasteiger partial charge in [0.15, 0.2) is 0 Å². The highest BCUT2D eigenvalue weighted by molar-refractivity contribution is 6.30. The van der Waals surface area contributed by atoms with Crippen LogP contribution in [0.15, 0.2) is 42.5 Å². The fourth-order valence-corrected chi connectivity index (χ4v) is 2.06. The number of aryl methyl sites for hydroxylation is 1. The fourth-order valence-electron chi connectivity index (χ4n) is 1.84. The Labute approximate surface area is 116 Å². The summed E-state index contributed by atoms with van der Waals surface area (Å²) in [7, 11) is 0. The van der Waals surface area contributed by atoms with Crippen molar-refractivity contribution in [1.82, 2.24) is 0 Å². The molecule has 0 saturated heterocycles. The molecule has 0 radical (unpaired) electrons. The van der Waals surface area contributed by atoms with Gasteiger partial charge in [0.1, 0.15) is 0 Å². The topological polar surface area (TPSA) is 49.3 Å². The Morgan fingerprint density at radius 2 is 2.05 bits per heavy atom. The first kappa shape index (κ1) is 13.4. The van der Waals surface area contributed by atoms with Crippen LogP contribution in [0.2, 0.25) is 5.02 Å². The van der Waals surface area contributed by atoms with E-state index in [1.165, 1.54) is 0 Å². The van der Waals surface area contributed by atoms with Gasteiger partial charge in [-0.2, -0.15) is 0 Å². The minimum atomic E-state index is -0.912. The van der Waals surface area contributed by atoms with Gasteiger partial charge < -0.3 is 10.4 Å². The summed E-state index contributed by atoms with van der Waals surface area (Å²) in [5.74, 6) is -0.912. The van der Waals surface area contributed by atoms with Gasteiger partial charge in [0.2, 0.25) is 0 Å². The summed E-state index contributed by atoms with van der Waals surface area (Å²) in [5, 5.41) is 12.9. The van der Waals surface area contributed by atoms with Crippen LogP contribution in [-0.4, -0.2) is 11.1 Å². The SMILES string of the molecule is Cc1cc(Cl)ccc1NCc1cccc(C(=O)O)c1. The van der Waals surface area contributed by atoms with Crippen LogP contribution in [0.4, 0.5) is 5.69 Å². The second-order valence-electron chi connectivity index (χ2n) is 4.32. The van der Waals surface area contributed by atoms with Gasteiger partial charge in [-0.25, -0.2) is 4.79 Å². The number of carboxylic acid groups (broad SMARTS) is 1. The molecule has 0 atom stereocenters. The van der Waals surface area contributed by atoms with Crippen molar-refractivity contribution in [3.05, 3.63) is 64.2 Å². The van der Waals surface area contributed by atoms with Crippen LogP contribution < -0.4 is 5.32 Å². The van der Waals surface area contributed by atoms with Crippen LogP contribution in [-0.2, 0) is 6.54 Å². The van der Waals surface area contributed by atoms with E-state index in [-0.39, 0.29) is 0 Å². The molecule has 0 aromatic heterocycles. The quantitative estimate of drug-likeness (QED) is 0.888. The molecular weight excluding hydrogens is 262 g/mol. The van der Waals surface area contributed by atoms with Gasteiger partial charge in [0.25, 0.3) is 0 Å². The molecule has 0 aliphatic carbocycles. The van der Waals surface area contributed by atoms with E-state index in [4.69, 9.17) is 16.7 Å². The lowest BCUT2D eigenvalue weighted by molar-refractivity contribution is 0.0697. The summed E-state index contributed by atoms with van der Waals surface area (Å²) in [6.07, 6.45) is 0. The maximum absolute atomic E-state index is 10.9. The maximum atomic E-state index is 10.9. The minimum Gasteiger partial charge on any atom is -0.478 e. The van der Waals surface area contributed by atoms with Gasteiger partial charge in [-0.05, 0) is 48.4 Å². The molecule has 19 heavy (non-hydrogen) atoms. The number of hydrogen-bond acceptors (Lipinski definition) is 2. The first-order valence-electron chi connectivity index (χ1n) is 5.88. The number of carbonyl (C=O) groups is 1. The third kappa shape index (κ3) is 3.48. The summed E-state index contributed by atoms with van der Waals surface area (Å²) in [4.78, 5) is 10.9. The van der Waals surface area contributed by atoms with E-state index in [0.717, 1.165) is 16.8 Å². The molecule has 0 amide bonds. The van der Waals surface area contributed by atoms with Crippen molar-refractivity contribution >= 4 is 23.3 Å². The summed E-state index contributed by atoms with van der Waals surface area (Å²) in [6.45, 7) is 2.55. The van der Waals surface area contributed by atoms with Gasteiger partial charge in [-0.1, -0.05) is 23.7 Å². The Kier molecular flexibility index (Phi) is 4.07. The van der Waals surface area contributed by atoms with Crippen molar-refractivity contribution in [2.75, 3.05) is 5.32 Å². The van der Waals surface area contributed by atoms with Gasteiger partial charge in [-0.15, -0.1) is 0 Å². The van der Waals surface area contributed by atoms with Crippen LogP contribution >= 0.6 is 11.6 Å². The first-order chi connectivity index (χ1) is 9.06. The lowest BCUT2D eigenvalue weighted by Crippen LogP contribution is -2.03. The molecule has 0 spiro atoms. The molecule has 2 N–H and O–H groups in total. The molecule has 0 aliphatic rings. The van der Waals surface area contributed by atoms with E-state index in [1.54, 1.807) is 18.2 Å². The summed E-state index contributed by atoms with van der Waals surface area (Å²) in [6, 6.07) is 12.5. The number of rotatable bonds is 4. The molecule has 0 unspecified atom stereocenters. The molecule has 0 fully saturated rings. The van der Waals surface area contributed by atoms with E-state index in [0.29, 0.717) is 17.1 Å². The summed E-state index contributed by atoms with van der Waals surface area (Å²) in [5.41, 5.74) is 3.27. The number of anilines is 1. The van der Waals surface area contributed by atoms with Crippen molar-refractivity contribution in [3.8, 4) is 0 Å². The average Bonchev–Trinajstić information content (AvgIpc) is 2.38. The molecule has 4 heteroatoms. The van der Waals surface area contributed by atoms with Gasteiger partial charge >= 0.3 is 5.97 Å². The van der Waals surface area contributed by atoms with Crippen LogP contribution in [0.5, 0.6) is 0 Å². The van der Waals surface area contributed by atoms with Gasteiger partial charge in [0.05, 0.1) is 5.56 Å². The highest BCUT2D eigenvalue weighted by Crippen LogP contribution is 2.20. The molecular formula is C15H14ClNO2. The highest BCUT2D eigenvalue weighted by atomic mass is 35.5. The van der Waals surface area contributed by atoms with Crippen molar-refractivity contribution in [1.29, 1.82) is 0 Å². The molecule has 2 aromatic rings. The van der Waals surface area contributed by atoms with Crippen molar-refractivity contribution < 1.29 is 9.90 Å².